The lowest BCUT2D eigenvalue weighted by Gasteiger charge is -2.39. The number of aliphatic carboxylic acids is 1. The van der Waals surface area contributed by atoms with Gasteiger partial charge in [0, 0.05) is 13.1 Å². The predicted molar refractivity (Wildman–Crippen MR) is 73.3 cm³/mol. The summed E-state index contributed by atoms with van der Waals surface area (Å²) in [5.74, 6) is -0.438. The Morgan fingerprint density at radius 2 is 1.90 bits per heavy atom. The Hall–Kier alpha value is -1.30. The number of hydrogen-bond donors (Lipinski definition) is 3. The second kappa shape index (κ2) is 5.99. The number of aliphatic hydroxyl groups is 1. The average molecular weight is 284 g/mol. The number of piperidine rings is 1. The highest BCUT2D eigenvalue weighted by molar-refractivity contribution is 5.86. The number of carbonyl (C=O) groups excluding carboxylic acids is 1. The van der Waals surface area contributed by atoms with Crippen molar-refractivity contribution < 1.29 is 19.8 Å². The van der Waals surface area contributed by atoms with Crippen molar-refractivity contribution in [2.24, 2.45) is 5.92 Å². The van der Waals surface area contributed by atoms with Crippen molar-refractivity contribution >= 4 is 12.0 Å². The van der Waals surface area contributed by atoms with E-state index in [1.165, 1.54) is 4.90 Å². The molecule has 0 aromatic rings. The second-order valence-corrected chi connectivity index (χ2v) is 6.24. The minimum atomic E-state index is -1.13. The van der Waals surface area contributed by atoms with E-state index in [0.29, 0.717) is 31.7 Å². The first-order valence-corrected chi connectivity index (χ1v) is 7.41. The molecule has 114 valence electrons. The van der Waals surface area contributed by atoms with E-state index in [1.807, 2.05) is 0 Å². The van der Waals surface area contributed by atoms with Crippen LogP contribution in [0, 0.1) is 5.92 Å². The van der Waals surface area contributed by atoms with Crippen LogP contribution in [-0.2, 0) is 4.79 Å². The monoisotopic (exact) mass is 284 g/mol. The maximum atomic E-state index is 12.2. The third kappa shape index (κ3) is 3.23. The number of carbonyl (C=O) groups is 2. The molecule has 1 atom stereocenters. The number of carboxylic acid groups (broad SMARTS) is 1. The third-order valence-corrected chi connectivity index (χ3v) is 4.57. The number of nitrogens with one attached hydrogen (secondary N) is 1. The van der Waals surface area contributed by atoms with E-state index < -0.39 is 17.6 Å². The zero-order valence-corrected chi connectivity index (χ0v) is 12.0. The van der Waals surface area contributed by atoms with Crippen LogP contribution >= 0.6 is 0 Å². The molecule has 1 saturated heterocycles. The van der Waals surface area contributed by atoms with E-state index in [4.69, 9.17) is 0 Å². The first-order chi connectivity index (χ1) is 9.43. The zero-order chi connectivity index (χ0) is 14.8. The summed E-state index contributed by atoms with van der Waals surface area (Å²) in [6.07, 6.45) is 3.54. The third-order valence-electron chi connectivity index (χ3n) is 4.57. The van der Waals surface area contributed by atoms with Crippen LogP contribution in [0.2, 0.25) is 0 Å². The standard InChI is InChI=1S/C14H24N2O4/c1-10-4-6-14(7-5-10,12(18)19)15-13(20)16-8-2-3-11(17)9-16/h10-11,17H,2-9H2,1H3,(H,15,20)(H,18,19). The first kappa shape index (κ1) is 15.1. The van der Waals surface area contributed by atoms with Gasteiger partial charge in [-0.25, -0.2) is 9.59 Å². The smallest absolute Gasteiger partial charge is 0.329 e. The van der Waals surface area contributed by atoms with Crippen molar-refractivity contribution in [1.29, 1.82) is 0 Å². The Morgan fingerprint density at radius 3 is 2.45 bits per heavy atom. The SMILES string of the molecule is CC1CCC(NC(=O)N2CCCC(O)C2)(C(=O)O)CC1. The fourth-order valence-electron chi connectivity index (χ4n) is 3.07. The molecule has 1 heterocycles. The fraction of sp³-hybridized carbons (Fsp3) is 0.857. The molecule has 0 bridgehead atoms. The Bertz CT molecular complexity index is 377. The average Bonchev–Trinajstić information content (AvgIpc) is 2.41. The van der Waals surface area contributed by atoms with Crippen molar-refractivity contribution in [2.45, 2.75) is 57.1 Å². The molecule has 6 heteroatoms. The van der Waals surface area contributed by atoms with Gasteiger partial charge >= 0.3 is 12.0 Å². The quantitative estimate of drug-likeness (QED) is 0.710. The summed E-state index contributed by atoms with van der Waals surface area (Å²) in [6, 6.07) is -0.360. The normalized spacial score (nSPS) is 34.6. The molecule has 6 nitrogen and oxygen atoms in total. The van der Waals surface area contributed by atoms with Gasteiger partial charge < -0.3 is 20.4 Å². The zero-order valence-electron chi connectivity index (χ0n) is 12.0. The van der Waals surface area contributed by atoms with E-state index >= 15 is 0 Å². The Balaban J connectivity index is 2.01. The minimum Gasteiger partial charge on any atom is -0.480 e. The van der Waals surface area contributed by atoms with Gasteiger partial charge in [-0.05, 0) is 44.4 Å². The number of nitrogens with zero attached hydrogens (tertiary/aromatic N) is 1. The van der Waals surface area contributed by atoms with Gasteiger partial charge in [0.25, 0.3) is 0 Å². The van der Waals surface area contributed by atoms with Crippen LogP contribution < -0.4 is 5.32 Å². The number of urea groups is 1. The summed E-state index contributed by atoms with van der Waals surface area (Å²) in [7, 11) is 0. The molecule has 0 aromatic heterocycles. The minimum absolute atomic E-state index is 0.290. The Morgan fingerprint density at radius 1 is 1.25 bits per heavy atom. The molecule has 1 saturated carbocycles. The van der Waals surface area contributed by atoms with Gasteiger partial charge in [-0.2, -0.15) is 0 Å². The lowest BCUT2D eigenvalue weighted by molar-refractivity contribution is -0.146. The van der Waals surface area contributed by atoms with E-state index in [9.17, 15) is 19.8 Å². The Kier molecular flexibility index (Phi) is 4.52. The van der Waals surface area contributed by atoms with Crippen LogP contribution in [0.3, 0.4) is 0 Å². The largest absolute Gasteiger partial charge is 0.480 e. The van der Waals surface area contributed by atoms with Crippen molar-refractivity contribution in [3.8, 4) is 0 Å². The van der Waals surface area contributed by atoms with E-state index in [2.05, 4.69) is 12.2 Å². The van der Waals surface area contributed by atoms with Gasteiger partial charge in [0.15, 0.2) is 0 Å². The predicted octanol–water partition coefficient (Wildman–Crippen LogP) is 1.19. The van der Waals surface area contributed by atoms with Gasteiger partial charge in [0.2, 0.25) is 0 Å². The van der Waals surface area contributed by atoms with E-state index in [-0.39, 0.29) is 12.6 Å². The van der Waals surface area contributed by atoms with E-state index in [0.717, 1.165) is 19.3 Å². The maximum absolute atomic E-state index is 12.2. The topological polar surface area (TPSA) is 89.9 Å². The maximum Gasteiger partial charge on any atom is 0.329 e. The summed E-state index contributed by atoms with van der Waals surface area (Å²) >= 11 is 0. The number of hydrogen-bond acceptors (Lipinski definition) is 3. The molecule has 20 heavy (non-hydrogen) atoms. The summed E-state index contributed by atoms with van der Waals surface area (Å²) in [5.41, 5.74) is -1.13. The highest BCUT2D eigenvalue weighted by atomic mass is 16.4. The van der Waals surface area contributed by atoms with Gasteiger partial charge in [-0.3, -0.25) is 0 Å². The van der Waals surface area contributed by atoms with Crippen LogP contribution in [0.5, 0.6) is 0 Å². The molecular weight excluding hydrogens is 260 g/mol. The van der Waals surface area contributed by atoms with Gasteiger partial charge in [0.05, 0.1) is 6.10 Å². The first-order valence-electron chi connectivity index (χ1n) is 7.41. The fourth-order valence-corrected chi connectivity index (χ4v) is 3.07. The summed E-state index contributed by atoms with van der Waals surface area (Å²) in [5, 5.41) is 21.8. The van der Waals surface area contributed by atoms with Gasteiger partial charge in [-0.15, -0.1) is 0 Å². The number of β-amino-alcohol motifs (C(OH)–C–C–N with tert-alkyl or cyclic N) is 1. The van der Waals surface area contributed by atoms with Crippen LogP contribution in [0.4, 0.5) is 4.79 Å². The highest BCUT2D eigenvalue weighted by Gasteiger charge is 2.43. The van der Waals surface area contributed by atoms with Crippen molar-refractivity contribution in [3.63, 3.8) is 0 Å². The van der Waals surface area contributed by atoms with Crippen molar-refractivity contribution in [1.82, 2.24) is 10.2 Å². The number of carboxylic acids is 1. The number of likely N-dealkylation sites (tertiary alicyclic amines) is 1. The molecule has 0 aromatic carbocycles. The van der Waals surface area contributed by atoms with Crippen LogP contribution in [-0.4, -0.2) is 51.8 Å². The molecule has 1 aliphatic carbocycles. The molecule has 0 spiro atoms. The molecule has 3 N–H and O–H groups in total. The van der Waals surface area contributed by atoms with Gasteiger partial charge in [0.1, 0.15) is 5.54 Å². The lowest BCUT2D eigenvalue weighted by atomic mass is 9.77. The number of aliphatic hydroxyl groups excluding tert-OH is 1. The molecule has 2 amide bonds. The molecule has 2 aliphatic rings. The molecular formula is C14H24N2O4. The molecule has 1 unspecified atom stereocenters. The number of amides is 2. The highest BCUT2D eigenvalue weighted by Crippen LogP contribution is 2.32. The summed E-state index contributed by atoms with van der Waals surface area (Å²) in [6.45, 7) is 2.97. The van der Waals surface area contributed by atoms with Crippen LogP contribution in [0.25, 0.3) is 0 Å². The summed E-state index contributed by atoms with van der Waals surface area (Å²) < 4.78 is 0. The Labute approximate surface area is 119 Å². The van der Waals surface area contributed by atoms with Crippen LogP contribution in [0.1, 0.15) is 45.4 Å². The molecule has 0 radical (unpaired) electrons. The molecule has 2 rings (SSSR count). The van der Waals surface area contributed by atoms with Crippen molar-refractivity contribution in [3.05, 3.63) is 0 Å². The van der Waals surface area contributed by atoms with Gasteiger partial charge in [-0.1, -0.05) is 6.92 Å². The van der Waals surface area contributed by atoms with E-state index in [1.54, 1.807) is 0 Å². The second-order valence-electron chi connectivity index (χ2n) is 6.24. The molecule has 2 fully saturated rings. The molecule has 1 aliphatic heterocycles. The number of rotatable bonds is 2. The summed E-state index contributed by atoms with van der Waals surface area (Å²) in [4.78, 5) is 25.4. The van der Waals surface area contributed by atoms with Crippen LogP contribution in [0.15, 0.2) is 0 Å². The van der Waals surface area contributed by atoms with Crippen molar-refractivity contribution in [2.75, 3.05) is 13.1 Å². The lowest BCUT2D eigenvalue weighted by Crippen LogP contribution is -2.60.